The van der Waals surface area contributed by atoms with Crippen molar-refractivity contribution in [1.82, 2.24) is 25.6 Å². The Kier molecular flexibility index (Phi) is 10.9. The first kappa shape index (κ1) is 33.5. The third kappa shape index (κ3) is 8.03. The van der Waals surface area contributed by atoms with E-state index in [0.717, 1.165) is 28.6 Å². The molecule has 2 saturated heterocycles. The maximum Gasteiger partial charge on any atom is 0.345 e. The van der Waals surface area contributed by atoms with Gasteiger partial charge in [-0.1, -0.05) is 45.0 Å². The van der Waals surface area contributed by atoms with Gasteiger partial charge < -0.3 is 30.2 Å². The molecule has 45 heavy (non-hydrogen) atoms. The molecule has 1 aromatic carbocycles. The predicted octanol–water partition coefficient (Wildman–Crippen LogP) is 0.943. The molecule has 4 atom stereocenters. The van der Waals surface area contributed by atoms with Crippen molar-refractivity contribution >= 4 is 47.1 Å². The second-order valence-electron chi connectivity index (χ2n) is 11.7. The van der Waals surface area contributed by atoms with Crippen molar-refractivity contribution in [2.45, 2.75) is 70.7 Å². The fraction of sp³-hybridized carbons (Fsp3) is 0.500. The van der Waals surface area contributed by atoms with Gasteiger partial charge in [0.2, 0.25) is 12.0 Å². The summed E-state index contributed by atoms with van der Waals surface area (Å²) in [6, 6.07) is 7.89. The fourth-order valence-electron chi connectivity index (χ4n) is 5.29. The van der Waals surface area contributed by atoms with Gasteiger partial charge >= 0.3 is 5.97 Å². The lowest BCUT2D eigenvalue weighted by atomic mass is 9.98. The van der Waals surface area contributed by atoms with Gasteiger partial charge in [0.1, 0.15) is 6.04 Å². The quantitative estimate of drug-likeness (QED) is 0.143. The van der Waals surface area contributed by atoms with Crippen LogP contribution in [-0.2, 0) is 35.1 Å². The number of carbonyl (C=O) groups is 4. The average molecular weight is 622 g/mol. The number of pyridine rings is 1. The van der Waals surface area contributed by atoms with E-state index in [1.165, 1.54) is 16.8 Å². The van der Waals surface area contributed by atoms with Crippen molar-refractivity contribution in [1.29, 1.82) is 5.41 Å². The maximum atomic E-state index is 13.8. The van der Waals surface area contributed by atoms with E-state index in [1.54, 1.807) is 26.0 Å². The smallest absolute Gasteiger partial charge is 0.345 e. The Bertz CT molecular complexity index is 1460. The van der Waals surface area contributed by atoms with Crippen LogP contribution in [-0.4, -0.2) is 95.0 Å². The van der Waals surface area contributed by atoms with Crippen molar-refractivity contribution in [2.24, 2.45) is 5.92 Å². The zero-order valence-electron chi connectivity index (χ0n) is 26.1. The summed E-state index contributed by atoms with van der Waals surface area (Å²) in [6.07, 6.45) is 4.38. The number of nitrogens with zero attached hydrogens (tertiary/aromatic N) is 3. The second-order valence-corrected chi connectivity index (χ2v) is 11.7. The Morgan fingerprint density at radius 1 is 1.24 bits per heavy atom. The number of hydrogen-bond acceptors (Lipinski definition) is 10. The highest BCUT2D eigenvalue weighted by Crippen LogP contribution is 2.26. The SMILES string of the molecule is CCc1ccc2ccc(/C=C/C3(C(=O)OC(C(=O)NC(C)C(=O)N4CCC[C@@H](C(=N)[O-])N4)C(C)C)CN(C=O)CCO3)cc2n1. The molecule has 3 unspecified atom stereocenters. The predicted molar refractivity (Wildman–Crippen MR) is 164 cm³/mol. The van der Waals surface area contributed by atoms with Gasteiger partial charge in [-0.05, 0) is 61.8 Å². The van der Waals surface area contributed by atoms with E-state index in [1.807, 2.05) is 37.3 Å². The lowest BCUT2D eigenvalue weighted by molar-refractivity contribution is -0.225. The molecule has 13 heteroatoms. The molecule has 2 fully saturated rings. The van der Waals surface area contributed by atoms with E-state index in [4.69, 9.17) is 14.9 Å². The average Bonchev–Trinajstić information content (AvgIpc) is 3.05. The fourth-order valence-corrected chi connectivity index (χ4v) is 5.29. The molecule has 13 nitrogen and oxygen atoms in total. The minimum atomic E-state index is -1.68. The van der Waals surface area contributed by atoms with Crippen LogP contribution in [0.1, 0.15) is 51.8 Å². The van der Waals surface area contributed by atoms with Crippen LogP contribution in [0, 0.1) is 11.3 Å². The van der Waals surface area contributed by atoms with Gasteiger partial charge in [0.05, 0.1) is 24.7 Å². The number of aromatic nitrogens is 1. The van der Waals surface area contributed by atoms with Crippen LogP contribution >= 0.6 is 0 Å². The second kappa shape index (κ2) is 14.6. The molecule has 0 saturated carbocycles. The van der Waals surface area contributed by atoms with Gasteiger partial charge in [-0.15, -0.1) is 0 Å². The highest BCUT2D eigenvalue weighted by molar-refractivity contribution is 5.92. The number of esters is 1. The molecular weight excluding hydrogens is 580 g/mol. The van der Waals surface area contributed by atoms with E-state index in [9.17, 15) is 24.3 Å². The van der Waals surface area contributed by atoms with Gasteiger partial charge in [-0.25, -0.2) is 10.2 Å². The first-order valence-electron chi connectivity index (χ1n) is 15.2. The van der Waals surface area contributed by atoms with Crippen molar-refractivity contribution < 1.29 is 33.8 Å². The Balaban J connectivity index is 1.52. The molecule has 2 aliphatic heterocycles. The highest BCUT2D eigenvalue weighted by Gasteiger charge is 2.45. The monoisotopic (exact) mass is 621 g/mol. The molecule has 3 heterocycles. The topological polar surface area (TPSA) is 177 Å². The van der Waals surface area contributed by atoms with Gasteiger partial charge in [-0.3, -0.25) is 24.4 Å². The number of carbonyl (C=O) groups excluding carboxylic acids is 4. The lowest BCUT2D eigenvalue weighted by Gasteiger charge is -2.38. The van der Waals surface area contributed by atoms with E-state index in [2.05, 4.69) is 15.7 Å². The normalized spacial score (nSPS) is 21.8. The lowest BCUT2D eigenvalue weighted by Crippen LogP contribution is -2.61. The van der Waals surface area contributed by atoms with E-state index in [0.29, 0.717) is 25.8 Å². The van der Waals surface area contributed by atoms with E-state index >= 15 is 0 Å². The van der Waals surface area contributed by atoms with Crippen LogP contribution in [0.15, 0.2) is 36.4 Å². The highest BCUT2D eigenvalue weighted by atomic mass is 16.6. The molecule has 242 valence electrons. The van der Waals surface area contributed by atoms with Crippen LogP contribution in [0.5, 0.6) is 0 Å². The third-order valence-corrected chi connectivity index (χ3v) is 7.95. The minimum absolute atomic E-state index is 0.0754. The Morgan fingerprint density at radius 3 is 2.69 bits per heavy atom. The summed E-state index contributed by atoms with van der Waals surface area (Å²) in [7, 11) is 0. The zero-order chi connectivity index (χ0) is 32.7. The number of hydrogen-bond donors (Lipinski definition) is 3. The summed E-state index contributed by atoms with van der Waals surface area (Å²) in [5.74, 6) is -3.31. The number of ether oxygens (including phenoxy) is 2. The van der Waals surface area contributed by atoms with Crippen LogP contribution in [0.25, 0.3) is 17.0 Å². The number of aryl methyl sites for hydroxylation is 1. The molecule has 0 bridgehead atoms. The van der Waals surface area contributed by atoms with Crippen LogP contribution < -0.4 is 15.8 Å². The summed E-state index contributed by atoms with van der Waals surface area (Å²) >= 11 is 0. The number of benzene rings is 1. The number of nitrogens with one attached hydrogen (secondary N) is 3. The van der Waals surface area contributed by atoms with Crippen molar-refractivity contribution in [3.63, 3.8) is 0 Å². The molecule has 4 rings (SSSR count). The Hall–Kier alpha value is -4.36. The summed E-state index contributed by atoms with van der Waals surface area (Å²) in [5.41, 5.74) is 3.57. The molecule has 3 N–H and O–H groups in total. The molecule has 0 spiro atoms. The third-order valence-electron chi connectivity index (χ3n) is 7.95. The van der Waals surface area contributed by atoms with Crippen LogP contribution in [0.2, 0.25) is 0 Å². The van der Waals surface area contributed by atoms with Crippen LogP contribution in [0.4, 0.5) is 0 Å². The number of rotatable bonds is 11. The molecule has 1 aromatic heterocycles. The summed E-state index contributed by atoms with van der Waals surface area (Å²) < 4.78 is 11.8. The van der Waals surface area contributed by atoms with Crippen molar-refractivity contribution in [2.75, 3.05) is 26.2 Å². The summed E-state index contributed by atoms with van der Waals surface area (Å²) in [6.45, 7) is 7.49. The molecule has 0 radical (unpaired) electrons. The van der Waals surface area contributed by atoms with Gasteiger partial charge in [0.15, 0.2) is 6.10 Å². The number of fused-ring (bicyclic) bond motifs is 1. The summed E-state index contributed by atoms with van der Waals surface area (Å²) in [5, 5.41) is 23.7. The van der Waals surface area contributed by atoms with Gasteiger partial charge in [0, 0.05) is 24.2 Å². The molecule has 2 aliphatic rings. The number of morpholine rings is 1. The maximum absolute atomic E-state index is 13.8. The minimum Gasteiger partial charge on any atom is -0.861 e. The van der Waals surface area contributed by atoms with Crippen molar-refractivity contribution in [3.8, 4) is 0 Å². The summed E-state index contributed by atoms with van der Waals surface area (Å²) in [4.78, 5) is 58.0. The molecular formula is C32H41N6O7-. The van der Waals surface area contributed by atoms with Crippen molar-refractivity contribution in [3.05, 3.63) is 47.7 Å². The first-order chi connectivity index (χ1) is 21.5. The van der Waals surface area contributed by atoms with Gasteiger partial charge in [-0.2, -0.15) is 0 Å². The van der Waals surface area contributed by atoms with E-state index < -0.39 is 53.4 Å². The van der Waals surface area contributed by atoms with Crippen LogP contribution in [0.3, 0.4) is 0 Å². The Labute approximate surface area is 262 Å². The molecule has 3 amide bonds. The number of amides is 3. The standard InChI is InChI=1S/C32H42N6O7/c1-5-24-11-10-23-9-8-22(17-26(23)35-24)12-13-32(18-37(19-39)15-16-44-32)31(43)45-27(20(2)3)29(41)34-21(4)30(42)38-14-6-7-25(36-38)28(33)40/h8-13,17,19-21,25,27,36H,5-7,14-16,18H2,1-4H3,(H2,33,40)(H,34,41)/p-1/b13-12+/t21?,25-,27?,32?/m0/s1. The first-order valence-corrected chi connectivity index (χ1v) is 15.2. The molecule has 0 aliphatic carbocycles. The number of hydrazine groups is 1. The zero-order valence-corrected chi connectivity index (χ0v) is 26.1. The Morgan fingerprint density at radius 2 is 2.00 bits per heavy atom. The molecule has 2 aromatic rings. The largest absolute Gasteiger partial charge is 0.861 e. The van der Waals surface area contributed by atoms with E-state index in [-0.39, 0.29) is 19.7 Å². The van der Waals surface area contributed by atoms with Gasteiger partial charge in [0.25, 0.3) is 11.8 Å².